The fourth-order valence-corrected chi connectivity index (χ4v) is 2.12. The second kappa shape index (κ2) is 3.32. The van der Waals surface area contributed by atoms with Gasteiger partial charge in [-0.15, -0.1) is 0 Å². The van der Waals surface area contributed by atoms with Gasteiger partial charge in [0.1, 0.15) is 0 Å². The summed E-state index contributed by atoms with van der Waals surface area (Å²) < 4.78 is 2.15. The Morgan fingerprint density at radius 3 is 2.64 bits per heavy atom. The number of aromatic nitrogens is 1. The average Bonchev–Trinajstić information content (AvgIpc) is 2.46. The van der Waals surface area contributed by atoms with Crippen molar-refractivity contribution >= 4 is 22.5 Å². The molecule has 2 rings (SSSR count). The number of benzene rings is 1. The van der Waals surface area contributed by atoms with Gasteiger partial charge in [-0.2, -0.15) is 0 Å². The number of rotatable bonds is 1. The number of hydrogen-bond acceptors (Lipinski definition) is 0. The second-order valence-corrected chi connectivity index (χ2v) is 4.45. The zero-order valence-corrected chi connectivity index (χ0v) is 9.47. The zero-order valence-electron chi connectivity index (χ0n) is 8.71. The SMILES string of the molecule is CC(C)c1cc(Cl)cc2ccn(C)c12. The smallest absolute Gasteiger partial charge is 0.0513 e. The van der Waals surface area contributed by atoms with Crippen molar-refractivity contribution in [2.75, 3.05) is 0 Å². The van der Waals surface area contributed by atoms with Crippen LogP contribution in [0.25, 0.3) is 10.9 Å². The first-order valence-corrected chi connectivity index (χ1v) is 5.22. The molecule has 0 radical (unpaired) electrons. The molecule has 0 aliphatic carbocycles. The summed E-state index contributed by atoms with van der Waals surface area (Å²) in [5.74, 6) is 0.504. The Labute approximate surface area is 89.3 Å². The van der Waals surface area contributed by atoms with E-state index < -0.39 is 0 Å². The van der Waals surface area contributed by atoms with Gasteiger partial charge in [-0.25, -0.2) is 0 Å². The Hall–Kier alpha value is -0.950. The molecule has 1 aromatic heterocycles. The van der Waals surface area contributed by atoms with Gasteiger partial charge in [-0.05, 0) is 29.7 Å². The van der Waals surface area contributed by atoms with Crippen molar-refractivity contribution in [2.24, 2.45) is 7.05 Å². The average molecular weight is 208 g/mol. The third-order valence-electron chi connectivity index (χ3n) is 2.59. The van der Waals surface area contributed by atoms with E-state index in [4.69, 9.17) is 11.6 Å². The maximum Gasteiger partial charge on any atom is 0.0513 e. The van der Waals surface area contributed by atoms with Crippen LogP contribution in [0.15, 0.2) is 24.4 Å². The van der Waals surface area contributed by atoms with Crippen LogP contribution in [0.2, 0.25) is 5.02 Å². The van der Waals surface area contributed by atoms with Crippen molar-refractivity contribution in [3.63, 3.8) is 0 Å². The second-order valence-electron chi connectivity index (χ2n) is 4.01. The lowest BCUT2D eigenvalue weighted by atomic mass is 10.0. The highest BCUT2D eigenvalue weighted by Gasteiger charge is 2.09. The fourth-order valence-electron chi connectivity index (χ4n) is 1.88. The topological polar surface area (TPSA) is 4.93 Å². The largest absolute Gasteiger partial charge is 0.350 e. The molecule has 0 unspecified atom stereocenters. The van der Waals surface area contributed by atoms with Crippen LogP contribution in [0.3, 0.4) is 0 Å². The van der Waals surface area contributed by atoms with E-state index in [1.165, 1.54) is 16.5 Å². The van der Waals surface area contributed by atoms with E-state index in [-0.39, 0.29) is 0 Å². The summed E-state index contributed by atoms with van der Waals surface area (Å²) in [6, 6.07) is 6.18. The van der Waals surface area contributed by atoms with Crippen molar-refractivity contribution in [3.05, 3.63) is 35.0 Å². The van der Waals surface area contributed by atoms with Gasteiger partial charge >= 0.3 is 0 Å². The number of hydrogen-bond donors (Lipinski definition) is 0. The molecule has 14 heavy (non-hydrogen) atoms. The maximum absolute atomic E-state index is 6.07. The van der Waals surface area contributed by atoms with Gasteiger partial charge in [-0.3, -0.25) is 0 Å². The minimum Gasteiger partial charge on any atom is -0.350 e. The molecular weight excluding hydrogens is 194 g/mol. The summed E-state index contributed by atoms with van der Waals surface area (Å²) in [6.45, 7) is 4.39. The van der Waals surface area contributed by atoms with Crippen LogP contribution in [0.4, 0.5) is 0 Å². The van der Waals surface area contributed by atoms with E-state index in [9.17, 15) is 0 Å². The Balaban J connectivity index is 2.83. The van der Waals surface area contributed by atoms with Gasteiger partial charge in [0.25, 0.3) is 0 Å². The van der Waals surface area contributed by atoms with Gasteiger partial charge in [0.05, 0.1) is 5.52 Å². The summed E-state index contributed by atoms with van der Waals surface area (Å²) in [5.41, 5.74) is 2.62. The molecule has 2 aromatic rings. The van der Waals surface area contributed by atoms with Crippen LogP contribution < -0.4 is 0 Å². The van der Waals surface area contributed by atoms with E-state index in [2.05, 4.69) is 43.8 Å². The minimum atomic E-state index is 0.504. The Kier molecular flexibility index (Phi) is 2.28. The van der Waals surface area contributed by atoms with Crippen molar-refractivity contribution in [2.45, 2.75) is 19.8 Å². The third kappa shape index (κ3) is 1.42. The quantitative estimate of drug-likeness (QED) is 0.667. The van der Waals surface area contributed by atoms with Crippen molar-refractivity contribution in [1.82, 2.24) is 4.57 Å². The van der Waals surface area contributed by atoms with E-state index in [0.717, 1.165) is 5.02 Å². The molecule has 1 nitrogen and oxygen atoms in total. The van der Waals surface area contributed by atoms with E-state index in [0.29, 0.717) is 5.92 Å². The fraction of sp³-hybridized carbons (Fsp3) is 0.333. The lowest BCUT2D eigenvalue weighted by molar-refractivity contribution is 0.857. The van der Waals surface area contributed by atoms with Gasteiger partial charge in [0.2, 0.25) is 0 Å². The van der Waals surface area contributed by atoms with Gasteiger partial charge < -0.3 is 4.57 Å². The molecule has 0 spiro atoms. The summed E-state index contributed by atoms with van der Waals surface area (Å²) in [6.07, 6.45) is 2.08. The Morgan fingerprint density at radius 2 is 2.00 bits per heavy atom. The first kappa shape index (κ1) is 9.60. The molecule has 0 amide bonds. The van der Waals surface area contributed by atoms with Crippen molar-refractivity contribution in [1.29, 1.82) is 0 Å². The van der Waals surface area contributed by atoms with Gasteiger partial charge in [0.15, 0.2) is 0 Å². The molecule has 0 N–H and O–H groups in total. The lowest BCUT2D eigenvalue weighted by Gasteiger charge is -2.10. The minimum absolute atomic E-state index is 0.504. The molecule has 1 heterocycles. The molecule has 74 valence electrons. The van der Waals surface area contributed by atoms with E-state index >= 15 is 0 Å². The molecule has 0 aliphatic heterocycles. The van der Waals surface area contributed by atoms with Gasteiger partial charge in [-0.1, -0.05) is 25.4 Å². The molecule has 0 atom stereocenters. The summed E-state index contributed by atoms with van der Waals surface area (Å²) in [7, 11) is 2.07. The molecular formula is C12H14ClN. The number of nitrogens with zero attached hydrogens (tertiary/aromatic N) is 1. The predicted molar refractivity (Wildman–Crippen MR) is 62.0 cm³/mol. The highest BCUT2D eigenvalue weighted by atomic mass is 35.5. The number of halogens is 1. The van der Waals surface area contributed by atoms with Crippen LogP contribution in [-0.2, 0) is 7.05 Å². The lowest BCUT2D eigenvalue weighted by Crippen LogP contribution is -1.94. The molecule has 0 saturated heterocycles. The molecule has 0 aliphatic rings. The van der Waals surface area contributed by atoms with Crippen LogP contribution in [0.1, 0.15) is 25.3 Å². The molecule has 0 saturated carbocycles. The highest BCUT2D eigenvalue weighted by Crippen LogP contribution is 2.29. The number of fused-ring (bicyclic) bond motifs is 1. The first-order chi connectivity index (χ1) is 6.59. The standard InChI is InChI=1S/C12H14ClN/c1-8(2)11-7-10(13)6-9-4-5-14(3)12(9)11/h4-8H,1-3H3. The van der Waals surface area contributed by atoms with Crippen molar-refractivity contribution < 1.29 is 0 Å². The van der Waals surface area contributed by atoms with Crippen LogP contribution in [0, 0.1) is 0 Å². The first-order valence-electron chi connectivity index (χ1n) is 4.84. The zero-order chi connectivity index (χ0) is 10.3. The van der Waals surface area contributed by atoms with E-state index in [1.807, 2.05) is 6.07 Å². The monoisotopic (exact) mass is 207 g/mol. The van der Waals surface area contributed by atoms with Gasteiger partial charge in [0, 0.05) is 23.7 Å². The predicted octanol–water partition coefficient (Wildman–Crippen LogP) is 3.96. The molecule has 1 aromatic carbocycles. The van der Waals surface area contributed by atoms with Crippen LogP contribution in [-0.4, -0.2) is 4.57 Å². The van der Waals surface area contributed by atoms with Crippen LogP contribution in [0.5, 0.6) is 0 Å². The Morgan fingerprint density at radius 1 is 1.29 bits per heavy atom. The summed E-state index contributed by atoms with van der Waals surface area (Å²) >= 11 is 6.07. The molecule has 0 bridgehead atoms. The molecule has 0 fully saturated rings. The normalized spacial score (nSPS) is 11.5. The Bertz CT molecular complexity index is 468. The summed E-state index contributed by atoms with van der Waals surface area (Å²) in [5, 5.41) is 2.05. The maximum atomic E-state index is 6.07. The van der Waals surface area contributed by atoms with Crippen LogP contribution >= 0.6 is 11.6 Å². The summed E-state index contributed by atoms with van der Waals surface area (Å²) in [4.78, 5) is 0. The van der Waals surface area contributed by atoms with Crippen molar-refractivity contribution in [3.8, 4) is 0 Å². The van der Waals surface area contributed by atoms with E-state index in [1.54, 1.807) is 0 Å². The highest BCUT2D eigenvalue weighted by molar-refractivity contribution is 6.31. The molecule has 2 heteroatoms. The third-order valence-corrected chi connectivity index (χ3v) is 2.80. The number of aryl methyl sites for hydroxylation is 1.